The lowest BCUT2D eigenvalue weighted by atomic mass is 9.95. The van der Waals surface area contributed by atoms with Crippen molar-refractivity contribution in [1.82, 2.24) is 4.98 Å². The Morgan fingerprint density at radius 1 is 1.50 bits per heavy atom. The monoisotopic (exact) mass is 230 g/mol. The van der Waals surface area contributed by atoms with E-state index < -0.39 is 17.2 Å². The normalized spacial score (nSPS) is 14.6. The number of nitrogens with one attached hydrogen (secondary N) is 1. The molecule has 0 aliphatic heterocycles. The van der Waals surface area contributed by atoms with Crippen LogP contribution in [0, 0.1) is 11.6 Å². The molecule has 1 heterocycles. The minimum Gasteiger partial charge on any atom is -0.396 e. The molecule has 0 aromatic carbocycles. The van der Waals surface area contributed by atoms with Crippen molar-refractivity contribution in [3.8, 4) is 0 Å². The zero-order chi connectivity index (χ0) is 12.2. The number of aromatic nitrogens is 1. The Hall–Kier alpha value is -1.23. The van der Waals surface area contributed by atoms with Crippen molar-refractivity contribution in [3.63, 3.8) is 0 Å². The van der Waals surface area contributed by atoms with Gasteiger partial charge in [0.05, 0.1) is 6.20 Å². The number of halogens is 2. The topological polar surface area (TPSA) is 45.1 Å². The van der Waals surface area contributed by atoms with Crippen LogP contribution in [0.15, 0.2) is 12.3 Å². The van der Waals surface area contributed by atoms with Crippen LogP contribution in [0.4, 0.5) is 14.6 Å². The first-order valence-electron chi connectivity index (χ1n) is 5.21. The van der Waals surface area contributed by atoms with Crippen LogP contribution in [0.5, 0.6) is 0 Å². The quantitative estimate of drug-likeness (QED) is 0.816. The molecular formula is C11H16F2N2O. The molecule has 0 fully saturated rings. The van der Waals surface area contributed by atoms with E-state index in [1.807, 2.05) is 13.8 Å². The summed E-state index contributed by atoms with van der Waals surface area (Å²) in [4.78, 5) is 3.65. The van der Waals surface area contributed by atoms with E-state index in [1.54, 1.807) is 0 Å². The van der Waals surface area contributed by atoms with Crippen molar-refractivity contribution in [2.24, 2.45) is 0 Å². The Bertz CT molecular complexity index is 360. The third-order valence-electron chi connectivity index (χ3n) is 2.67. The van der Waals surface area contributed by atoms with E-state index in [4.69, 9.17) is 5.11 Å². The maximum absolute atomic E-state index is 13.3. The Balaban J connectivity index is 2.85. The second-order valence-electron chi connectivity index (χ2n) is 4.00. The lowest BCUT2D eigenvalue weighted by molar-refractivity contribution is 0.251. The molecule has 0 saturated carbocycles. The number of aliphatic hydroxyl groups excluding tert-OH is 1. The SMILES string of the molecule is CCC(C)(CCO)Nc1ncc(F)cc1F. The third-order valence-corrected chi connectivity index (χ3v) is 2.67. The molecule has 0 saturated heterocycles. The van der Waals surface area contributed by atoms with Gasteiger partial charge in [-0.2, -0.15) is 0 Å². The molecule has 5 heteroatoms. The molecule has 1 unspecified atom stereocenters. The van der Waals surface area contributed by atoms with Crippen LogP contribution in [0.3, 0.4) is 0 Å². The maximum Gasteiger partial charge on any atom is 0.168 e. The van der Waals surface area contributed by atoms with Gasteiger partial charge in [0, 0.05) is 18.2 Å². The smallest absolute Gasteiger partial charge is 0.168 e. The summed E-state index contributed by atoms with van der Waals surface area (Å²) in [5.41, 5.74) is -0.444. The fourth-order valence-electron chi connectivity index (χ4n) is 1.37. The highest BCUT2D eigenvalue weighted by Gasteiger charge is 2.23. The zero-order valence-corrected chi connectivity index (χ0v) is 9.43. The summed E-state index contributed by atoms with van der Waals surface area (Å²) in [6.07, 6.45) is 2.13. The standard InChI is InChI=1S/C11H16F2N2O/c1-3-11(2,4-5-16)15-10-9(13)6-8(12)7-14-10/h6-7,16H,3-5H2,1-2H3,(H,14,15). The highest BCUT2D eigenvalue weighted by Crippen LogP contribution is 2.22. The van der Waals surface area contributed by atoms with Crippen molar-refractivity contribution < 1.29 is 13.9 Å². The van der Waals surface area contributed by atoms with Crippen molar-refractivity contribution in [3.05, 3.63) is 23.9 Å². The molecule has 1 atom stereocenters. The summed E-state index contributed by atoms with van der Waals surface area (Å²) in [7, 11) is 0. The second kappa shape index (κ2) is 5.21. The van der Waals surface area contributed by atoms with E-state index in [0.717, 1.165) is 12.3 Å². The molecule has 0 amide bonds. The fraction of sp³-hybridized carbons (Fsp3) is 0.545. The predicted octanol–water partition coefficient (Wildman–Crippen LogP) is 2.32. The van der Waals surface area contributed by atoms with Crippen LogP contribution in [-0.2, 0) is 0 Å². The van der Waals surface area contributed by atoms with Crippen molar-refractivity contribution in [1.29, 1.82) is 0 Å². The first-order valence-corrected chi connectivity index (χ1v) is 5.21. The largest absolute Gasteiger partial charge is 0.396 e. The fourth-order valence-corrected chi connectivity index (χ4v) is 1.37. The van der Waals surface area contributed by atoms with Gasteiger partial charge in [-0.05, 0) is 19.8 Å². The van der Waals surface area contributed by atoms with Gasteiger partial charge < -0.3 is 10.4 Å². The molecule has 0 aliphatic carbocycles. The summed E-state index contributed by atoms with van der Waals surface area (Å²) in [5.74, 6) is -1.42. The molecule has 1 aromatic heterocycles. The van der Waals surface area contributed by atoms with Gasteiger partial charge in [-0.1, -0.05) is 6.92 Å². The van der Waals surface area contributed by atoms with Crippen LogP contribution in [0.1, 0.15) is 26.7 Å². The number of anilines is 1. The summed E-state index contributed by atoms with van der Waals surface area (Å²) in [6, 6.07) is 0.782. The van der Waals surface area contributed by atoms with Crippen LogP contribution in [0.2, 0.25) is 0 Å². The molecular weight excluding hydrogens is 214 g/mol. The van der Waals surface area contributed by atoms with Gasteiger partial charge in [-0.3, -0.25) is 0 Å². The Labute approximate surface area is 93.5 Å². The molecule has 3 nitrogen and oxygen atoms in total. The molecule has 90 valence electrons. The lowest BCUT2D eigenvalue weighted by Crippen LogP contribution is -2.35. The van der Waals surface area contributed by atoms with Gasteiger partial charge in [-0.25, -0.2) is 13.8 Å². The Kier molecular flexibility index (Phi) is 4.18. The molecule has 0 aliphatic rings. The highest BCUT2D eigenvalue weighted by atomic mass is 19.1. The molecule has 2 N–H and O–H groups in total. The average molecular weight is 230 g/mol. The minimum atomic E-state index is -0.724. The first kappa shape index (κ1) is 12.8. The van der Waals surface area contributed by atoms with E-state index in [2.05, 4.69) is 10.3 Å². The molecule has 0 bridgehead atoms. The Morgan fingerprint density at radius 2 is 2.19 bits per heavy atom. The van der Waals surface area contributed by atoms with Crippen LogP contribution in [0.25, 0.3) is 0 Å². The minimum absolute atomic E-state index is 0.000153. The summed E-state index contributed by atoms with van der Waals surface area (Å²) in [6.45, 7) is 3.78. The molecule has 0 radical (unpaired) electrons. The third kappa shape index (κ3) is 3.13. The second-order valence-corrected chi connectivity index (χ2v) is 4.00. The summed E-state index contributed by atoms with van der Waals surface area (Å²) >= 11 is 0. The number of nitrogens with zero attached hydrogens (tertiary/aromatic N) is 1. The summed E-state index contributed by atoms with van der Waals surface area (Å²) in [5, 5.41) is 11.8. The lowest BCUT2D eigenvalue weighted by Gasteiger charge is -2.29. The van der Waals surface area contributed by atoms with E-state index in [1.165, 1.54) is 0 Å². The van der Waals surface area contributed by atoms with Crippen molar-refractivity contribution >= 4 is 5.82 Å². The van der Waals surface area contributed by atoms with Crippen LogP contribution >= 0.6 is 0 Å². The van der Waals surface area contributed by atoms with Crippen LogP contribution < -0.4 is 5.32 Å². The van der Waals surface area contributed by atoms with Gasteiger partial charge >= 0.3 is 0 Å². The molecule has 1 rings (SSSR count). The Morgan fingerprint density at radius 3 is 2.69 bits per heavy atom. The number of pyridine rings is 1. The first-order chi connectivity index (χ1) is 7.50. The molecule has 1 aromatic rings. The van der Waals surface area contributed by atoms with Gasteiger partial charge in [0.25, 0.3) is 0 Å². The van der Waals surface area contributed by atoms with Crippen molar-refractivity contribution in [2.75, 3.05) is 11.9 Å². The van der Waals surface area contributed by atoms with Gasteiger partial charge in [-0.15, -0.1) is 0 Å². The number of aliphatic hydroxyl groups is 1. The van der Waals surface area contributed by atoms with Gasteiger partial charge in [0.2, 0.25) is 0 Å². The summed E-state index contributed by atoms with van der Waals surface area (Å²) < 4.78 is 26.0. The van der Waals surface area contributed by atoms with E-state index in [9.17, 15) is 8.78 Å². The van der Waals surface area contributed by atoms with E-state index >= 15 is 0 Å². The van der Waals surface area contributed by atoms with E-state index in [-0.39, 0.29) is 12.4 Å². The predicted molar refractivity (Wildman–Crippen MR) is 58.2 cm³/mol. The average Bonchev–Trinajstić information content (AvgIpc) is 2.23. The highest BCUT2D eigenvalue weighted by molar-refractivity contribution is 5.38. The van der Waals surface area contributed by atoms with Gasteiger partial charge in [0.1, 0.15) is 5.82 Å². The molecule has 16 heavy (non-hydrogen) atoms. The van der Waals surface area contributed by atoms with E-state index in [0.29, 0.717) is 12.8 Å². The number of hydrogen-bond donors (Lipinski definition) is 2. The molecule has 0 spiro atoms. The maximum atomic E-state index is 13.3. The number of rotatable bonds is 5. The number of hydrogen-bond acceptors (Lipinski definition) is 3. The zero-order valence-electron chi connectivity index (χ0n) is 9.43. The van der Waals surface area contributed by atoms with Crippen LogP contribution in [-0.4, -0.2) is 22.2 Å². The van der Waals surface area contributed by atoms with Gasteiger partial charge in [0.15, 0.2) is 11.6 Å². The van der Waals surface area contributed by atoms with Crippen molar-refractivity contribution in [2.45, 2.75) is 32.2 Å².